The number of hydrogen-bond acceptors (Lipinski definition) is 3. The first-order valence-corrected chi connectivity index (χ1v) is 6.88. The fourth-order valence-corrected chi connectivity index (χ4v) is 2.30. The first-order chi connectivity index (χ1) is 8.38. The van der Waals surface area contributed by atoms with Gasteiger partial charge in [-0.2, -0.15) is 30.6 Å². The Labute approximate surface area is 109 Å². The van der Waals surface area contributed by atoms with Crippen molar-refractivity contribution in [3.63, 3.8) is 0 Å². The first-order valence-electron chi connectivity index (χ1n) is 5.44. The molecule has 0 aliphatic carbocycles. The van der Waals surface area contributed by atoms with E-state index in [4.69, 9.17) is 5.11 Å². The SMILES string of the molecule is CCCCN(C)S(=O)(=O)NC(C)(C(=O)O)C(F)(F)F. The van der Waals surface area contributed by atoms with Gasteiger partial charge in [-0.3, -0.25) is 0 Å². The number of rotatable bonds is 7. The Bertz CT molecular complexity index is 424. The molecule has 0 spiro atoms. The van der Waals surface area contributed by atoms with Gasteiger partial charge in [0.05, 0.1) is 0 Å². The average molecular weight is 306 g/mol. The summed E-state index contributed by atoms with van der Waals surface area (Å²) in [6.07, 6.45) is -4.15. The number of unbranched alkanes of at least 4 members (excludes halogenated alkanes) is 1. The lowest BCUT2D eigenvalue weighted by molar-refractivity contribution is -0.201. The lowest BCUT2D eigenvalue weighted by atomic mass is 10.0. The summed E-state index contributed by atoms with van der Waals surface area (Å²) in [5.41, 5.74) is -3.56. The lowest BCUT2D eigenvalue weighted by Gasteiger charge is -2.30. The van der Waals surface area contributed by atoms with Gasteiger partial charge < -0.3 is 5.11 Å². The van der Waals surface area contributed by atoms with Crippen LogP contribution in [0.25, 0.3) is 0 Å². The van der Waals surface area contributed by atoms with Crippen molar-refractivity contribution in [1.29, 1.82) is 0 Å². The van der Waals surface area contributed by atoms with Gasteiger partial charge in [0.25, 0.3) is 10.2 Å². The molecule has 0 aliphatic rings. The minimum atomic E-state index is -5.25. The van der Waals surface area contributed by atoms with Crippen LogP contribution in [0.5, 0.6) is 0 Å². The number of nitrogens with zero attached hydrogens (tertiary/aromatic N) is 1. The van der Waals surface area contributed by atoms with E-state index >= 15 is 0 Å². The molecule has 0 saturated heterocycles. The maximum atomic E-state index is 12.7. The fourth-order valence-electron chi connectivity index (χ4n) is 1.06. The summed E-state index contributed by atoms with van der Waals surface area (Å²) >= 11 is 0. The molecule has 0 saturated carbocycles. The van der Waals surface area contributed by atoms with E-state index in [0.29, 0.717) is 17.1 Å². The number of halogens is 3. The summed E-state index contributed by atoms with van der Waals surface area (Å²) in [5, 5.41) is 8.62. The Morgan fingerprint density at radius 1 is 1.37 bits per heavy atom. The van der Waals surface area contributed by atoms with Gasteiger partial charge in [-0.1, -0.05) is 13.3 Å². The molecule has 6 nitrogen and oxygen atoms in total. The highest BCUT2D eigenvalue weighted by atomic mass is 32.2. The highest BCUT2D eigenvalue weighted by molar-refractivity contribution is 7.87. The van der Waals surface area contributed by atoms with E-state index in [2.05, 4.69) is 0 Å². The van der Waals surface area contributed by atoms with Crippen molar-refractivity contribution in [2.75, 3.05) is 13.6 Å². The van der Waals surface area contributed by atoms with Gasteiger partial charge in [-0.15, -0.1) is 0 Å². The molecular weight excluding hydrogens is 289 g/mol. The van der Waals surface area contributed by atoms with Crippen molar-refractivity contribution in [2.24, 2.45) is 0 Å². The molecule has 2 N–H and O–H groups in total. The topological polar surface area (TPSA) is 86.7 Å². The minimum absolute atomic E-state index is 0.000606. The van der Waals surface area contributed by atoms with Crippen LogP contribution in [0.1, 0.15) is 26.7 Å². The van der Waals surface area contributed by atoms with Crippen LogP contribution < -0.4 is 4.72 Å². The highest BCUT2D eigenvalue weighted by Gasteiger charge is 2.59. The largest absolute Gasteiger partial charge is 0.480 e. The number of alkyl halides is 3. The van der Waals surface area contributed by atoms with Crippen LogP contribution in [-0.4, -0.2) is 49.1 Å². The first kappa shape index (κ1) is 18.1. The van der Waals surface area contributed by atoms with E-state index in [1.165, 1.54) is 4.72 Å². The summed E-state index contributed by atoms with van der Waals surface area (Å²) in [5.74, 6) is -2.31. The molecule has 0 heterocycles. The van der Waals surface area contributed by atoms with Gasteiger partial charge in [-0.25, -0.2) is 4.79 Å². The third kappa shape index (κ3) is 4.32. The third-order valence-corrected chi connectivity index (χ3v) is 4.23. The molecule has 0 aromatic rings. The number of carboxylic acids is 1. The number of carbonyl (C=O) groups is 1. The summed E-state index contributed by atoms with van der Waals surface area (Å²) < 4.78 is 63.2. The summed E-state index contributed by atoms with van der Waals surface area (Å²) in [6, 6.07) is 0. The number of aliphatic carboxylic acids is 1. The van der Waals surface area contributed by atoms with Crippen LogP contribution in [0.15, 0.2) is 0 Å². The molecule has 0 aliphatic heterocycles. The van der Waals surface area contributed by atoms with Gasteiger partial charge in [0, 0.05) is 13.6 Å². The molecule has 1 unspecified atom stereocenters. The molecule has 0 amide bonds. The van der Waals surface area contributed by atoms with Gasteiger partial charge in [0.15, 0.2) is 0 Å². The van der Waals surface area contributed by atoms with E-state index in [1.807, 2.05) is 0 Å². The molecule has 0 aromatic heterocycles. The standard InChI is InChI=1S/C9H17F3N2O4S/c1-4-5-6-14(3)19(17,18)13-8(2,7(15)16)9(10,11)12/h13H,4-6H2,1-3H3,(H,15,16). The third-order valence-electron chi connectivity index (χ3n) is 2.56. The smallest absolute Gasteiger partial charge is 0.418 e. The van der Waals surface area contributed by atoms with Crippen molar-refractivity contribution >= 4 is 16.2 Å². The predicted octanol–water partition coefficient (Wildman–Crippen LogP) is 0.958. The second-order valence-electron chi connectivity index (χ2n) is 4.21. The normalized spacial score (nSPS) is 16.4. The molecule has 114 valence electrons. The van der Waals surface area contributed by atoms with Crippen molar-refractivity contribution < 1.29 is 31.5 Å². The van der Waals surface area contributed by atoms with Crippen molar-refractivity contribution in [2.45, 2.75) is 38.4 Å². The van der Waals surface area contributed by atoms with Gasteiger partial charge >= 0.3 is 12.1 Å². The molecule has 1 atom stereocenters. The monoisotopic (exact) mass is 306 g/mol. The zero-order valence-corrected chi connectivity index (χ0v) is 11.6. The van der Waals surface area contributed by atoms with Crippen molar-refractivity contribution in [3.8, 4) is 0 Å². The zero-order chi connectivity index (χ0) is 15.5. The van der Waals surface area contributed by atoms with Crippen LogP contribution in [-0.2, 0) is 15.0 Å². The quantitative estimate of drug-likeness (QED) is 0.733. The van der Waals surface area contributed by atoms with Crippen LogP contribution in [0.2, 0.25) is 0 Å². The molecule has 0 rings (SSSR count). The fraction of sp³-hybridized carbons (Fsp3) is 0.889. The van der Waals surface area contributed by atoms with Crippen LogP contribution in [0.3, 0.4) is 0 Å². The zero-order valence-electron chi connectivity index (χ0n) is 10.8. The molecular formula is C9H17F3N2O4S. The summed E-state index contributed by atoms with van der Waals surface area (Å²) in [6.45, 7) is 2.05. The highest BCUT2D eigenvalue weighted by Crippen LogP contribution is 2.31. The van der Waals surface area contributed by atoms with Gasteiger partial charge in [0.2, 0.25) is 5.54 Å². The molecule has 0 bridgehead atoms. The van der Waals surface area contributed by atoms with Crippen LogP contribution >= 0.6 is 0 Å². The molecule has 10 heteroatoms. The molecule has 0 aromatic carbocycles. The maximum absolute atomic E-state index is 12.7. The second-order valence-corrected chi connectivity index (χ2v) is 5.99. The van der Waals surface area contributed by atoms with E-state index in [9.17, 15) is 26.4 Å². The maximum Gasteiger partial charge on any atom is 0.418 e. The number of carboxylic acid groups (broad SMARTS) is 1. The van der Waals surface area contributed by atoms with E-state index in [0.717, 1.165) is 7.05 Å². The average Bonchev–Trinajstić information content (AvgIpc) is 2.23. The van der Waals surface area contributed by atoms with Crippen LogP contribution in [0, 0.1) is 0 Å². The van der Waals surface area contributed by atoms with Crippen molar-refractivity contribution in [3.05, 3.63) is 0 Å². The Balaban J connectivity index is 5.22. The molecule has 0 radical (unpaired) electrons. The lowest BCUT2D eigenvalue weighted by Crippen LogP contribution is -2.63. The van der Waals surface area contributed by atoms with Gasteiger partial charge in [0.1, 0.15) is 0 Å². The summed E-state index contributed by atoms with van der Waals surface area (Å²) in [4.78, 5) is 10.7. The Hall–Kier alpha value is -0.870. The minimum Gasteiger partial charge on any atom is -0.480 e. The van der Waals surface area contributed by atoms with E-state index in [-0.39, 0.29) is 13.5 Å². The van der Waals surface area contributed by atoms with E-state index in [1.54, 1.807) is 6.92 Å². The van der Waals surface area contributed by atoms with Crippen molar-refractivity contribution in [1.82, 2.24) is 9.03 Å². The van der Waals surface area contributed by atoms with Crippen LogP contribution in [0.4, 0.5) is 13.2 Å². The number of nitrogens with one attached hydrogen (secondary N) is 1. The Kier molecular flexibility index (Phi) is 5.78. The summed E-state index contributed by atoms with van der Waals surface area (Å²) in [7, 11) is -3.46. The Morgan fingerprint density at radius 3 is 2.16 bits per heavy atom. The van der Waals surface area contributed by atoms with Gasteiger partial charge in [-0.05, 0) is 13.3 Å². The number of hydrogen-bond donors (Lipinski definition) is 2. The Morgan fingerprint density at radius 2 is 1.84 bits per heavy atom. The molecule has 19 heavy (non-hydrogen) atoms. The molecule has 0 fully saturated rings. The predicted molar refractivity (Wildman–Crippen MR) is 61.7 cm³/mol. The second kappa shape index (κ2) is 6.06. The van der Waals surface area contributed by atoms with E-state index < -0.39 is 27.9 Å².